The summed E-state index contributed by atoms with van der Waals surface area (Å²) in [4.78, 5) is 6.74. The number of ether oxygens (including phenoxy) is 1. The lowest BCUT2D eigenvalue weighted by atomic mass is 9.74. The molecule has 2 heterocycles. The molecule has 9 heteroatoms. The van der Waals surface area contributed by atoms with Crippen LogP contribution < -0.4 is 10.5 Å². The van der Waals surface area contributed by atoms with E-state index in [-0.39, 0.29) is 18.6 Å². The van der Waals surface area contributed by atoms with Gasteiger partial charge in [0.25, 0.3) is 0 Å². The highest BCUT2D eigenvalue weighted by Gasteiger charge is 2.34. The Morgan fingerprint density at radius 2 is 1.84 bits per heavy atom. The van der Waals surface area contributed by atoms with Crippen LogP contribution in [0.2, 0.25) is 0 Å². The standard InChI is InChI=1S/C29H36F3N3O3/c1-38-21-4-5-25-22(15-21)27(20(16-33)17-34-25)26(37)6-7-29(18-36)8-11-35(12-9-29)10-2-3-19-13-23(30)28(32)24(31)14-19/h4-5,13-15,17,26,36-37H,2-3,6-12,16,18,33H2,1H3/t26-/m1/s1. The number of aromatic nitrogens is 1. The van der Waals surface area contributed by atoms with Crippen molar-refractivity contribution in [1.29, 1.82) is 0 Å². The lowest BCUT2D eigenvalue weighted by Crippen LogP contribution is -2.42. The number of pyridine rings is 1. The van der Waals surface area contributed by atoms with E-state index in [0.29, 0.717) is 37.0 Å². The highest BCUT2D eigenvalue weighted by Crippen LogP contribution is 2.39. The number of hydrogen-bond donors (Lipinski definition) is 3. The molecule has 1 aliphatic heterocycles. The summed E-state index contributed by atoms with van der Waals surface area (Å²) in [5.41, 5.74) is 8.43. The van der Waals surface area contributed by atoms with Gasteiger partial charge in [-0.2, -0.15) is 0 Å². The van der Waals surface area contributed by atoms with Gasteiger partial charge < -0.3 is 25.6 Å². The van der Waals surface area contributed by atoms with Gasteiger partial charge in [-0.15, -0.1) is 0 Å². The van der Waals surface area contributed by atoms with Crippen molar-refractivity contribution >= 4 is 10.9 Å². The van der Waals surface area contributed by atoms with E-state index in [9.17, 15) is 23.4 Å². The van der Waals surface area contributed by atoms with Gasteiger partial charge >= 0.3 is 0 Å². The van der Waals surface area contributed by atoms with Crippen LogP contribution in [0.25, 0.3) is 10.9 Å². The molecule has 1 saturated heterocycles. The summed E-state index contributed by atoms with van der Waals surface area (Å²) in [5.74, 6) is -3.09. The van der Waals surface area contributed by atoms with Gasteiger partial charge in [0.15, 0.2) is 17.5 Å². The zero-order chi connectivity index (χ0) is 27.3. The molecular weight excluding hydrogens is 495 g/mol. The summed E-state index contributed by atoms with van der Waals surface area (Å²) in [6, 6.07) is 7.66. The SMILES string of the molecule is COc1ccc2ncc(CN)c([C@H](O)CCC3(CO)CCN(CCCc4cc(F)c(F)c(F)c4)CC3)c2c1. The number of halogens is 3. The molecule has 3 aromatic rings. The van der Waals surface area contributed by atoms with E-state index in [2.05, 4.69) is 9.88 Å². The van der Waals surface area contributed by atoms with E-state index in [1.165, 1.54) is 0 Å². The highest BCUT2D eigenvalue weighted by atomic mass is 19.2. The fourth-order valence-electron chi connectivity index (χ4n) is 5.50. The molecule has 1 fully saturated rings. The minimum atomic E-state index is -1.44. The lowest BCUT2D eigenvalue weighted by Gasteiger charge is -2.41. The number of aliphatic hydroxyl groups excluding tert-OH is 2. The summed E-state index contributed by atoms with van der Waals surface area (Å²) in [7, 11) is 1.59. The quantitative estimate of drug-likeness (QED) is 0.312. The van der Waals surface area contributed by atoms with Crippen LogP contribution in [0.1, 0.15) is 54.9 Å². The van der Waals surface area contributed by atoms with Crippen LogP contribution in [0.3, 0.4) is 0 Å². The fraction of sp³-hybridized carbons (Fsp3) is 0.483. The smallest absolute Gasteiger partial charge is 0.194 e. The van der Waals surface area contributed by atoms with Crippen LogP contribution in [0, 0.1) is 22.9 Å². The van der Waals surface area contributed by atoms with Gasteiger partial charge in [0.1, 0.15) is 5.75 Å². The summed E-state index contributed by atoms with van der Waals surface area (Å²) in [5, 5.41) is 22.4. The number of hydrogen-bond acceptors (Lipinski definition) is 6. The Balaban J connectivity index is 1.34. The first kappa shape index (κ1) is 28.3. The molecule has 0 bridgehead atoms. The number of likely N-dealkylation sites (tertiary alicyclic amines) is 1. The lowest BCUT2D eigenvalue weighted by molar-refractivity contribution is 0.0233. The monoisotopic (exact) mass is 531 g/mol. The highest BCUT2D eigenvalue weighted by molar-refractivity contribution is 5.85. The second-order valence-electron chi connectivity index (χ2n) is 10.3. The van der Waals surface area contributed by atoms with Gasteiger partial charge in [-0.3, -0.25) is 4.98 Å². The molecule has 0 saturated carbocycles. The Kier molecular flexibility index (Phi) is 9.25. The minimum Gasteiger partial charge on any atom is -0.497 e. The molecule has 1 aliphatic rings. The molecule has 1 aromatic heterocycles. The molecule has 6 nitrogen and oxygen atoms in total. The fourth-order valence-corrected chi connectivity index (χ4v) is 5.50. The Labute approximate surface area is 221 Å². The van der Waals surface area contributed by atoms with Gasteiger partial charge in [-0.1, -0.05) is 0 Å². The van der Waals surface area contributed by atoms with Crippen LogP contribution >= 0.6 is 0 Å². The van der Waals surface area contributed by atoms with E-state index in [1.54, 1.807) is 13.3 Å². The second kappa shape index (κ2) is 12.4. The number of nitrogens with zero attached hydrogens (tertiary/aromatic N) is 2. The molecule has 206 valence electrons. The predicted molar refractivity (Wildman–Crippen MR) is 140 cm³/mol. The van der Waals surface area contributed by atoms with Crippen molar-refractivity contribution in [2.45, 2.75) is 51.2 Å². The zero-order valence-corrected chi connectivity index (χ0v) is 21.7. The number of nitrogens with two attached hydrogens (primary N) is 1. The first-order chi connectivity index (χ1) is 18.3. The maximum atomic E-state index is 13.5. The molecule has 0 amide bonds. The van der Waals surface area contributed by atoms with Crippen LogP contribution in [-0.2, 0) is 13.0 Å². The van der Waals surface area contributed by atoms with Gasteiger partial charge in [0, 0.05) is 24.7 Å². The largest absolute Gasteiger partial charge is 0.497 e. The van der Waals surface area contributed by atoms with E-state index >= 15 is 0 Å². The molecule has 0 radical (unpaired) electrons. The predicted octanol–water partition coefficient (Wildman–Crippen LogP) is 4.64. The van der Waals surface area contributed by atoms with Crippen molar-refractivity contribution < 1.29 is 28.1 Å². The van der Waals surface area contributed by atoms with Crippen molar-refractivity contribution in [3.63, 3.8) is 0 Å². The number of rotatable bonds is 11. The topological polar surface area (TPSA) is 91.8 Å². The number of fused-ring (bicyclic) bond motifs is 1. The molecule has 0 unspecified atom stereocenters. The Hall–Kier alpha value is -2.72. The number of aryl methyl sites for hydroxylation is 1. The van der Waals surface area contributed by atoms with Gasteiger partial charge in [-0.05, 0) is 111 Å². The van der Waals surface area contributed by atoms with Gasteiger partial charge in [-0.25, -0.2) is 13.2 Å². The van der Waals surface area contributed by atoms with Crippen molar-refractivity contribution in [2.75, 3.05) is 33.4 Å². The van der Waals surface area contributed by atoms with Crippen LogP contribution in [-0.4, -0.2) is 53.4 Å². The van der Waals surface area contributed by atoms with Crippen molar-refractivity contribution in [2.24, 2.45) is 11.1 Å². The Morgan fingerprint density at radius 3 is 2.47 bits per heavy atom. The Bertz CT molecular complexity index is 1220. The molecule has 2 aromatic carbocycles. The van der Waals surface area contributed by atoms with Crippen LogP contribution in [0.5, 0.6) is 5.75 Å². The molecule has 0 aliphatic carbocycles. The molecule has 38 heavy (non-hydrogen) atoms. The molecular formula is C29H36F3N3O3. The summed E-state index contributed by atoms with van der Waals surface area (Å²) < 4.78 is 45.5. The number of aliphatic hydroxyl groups is 2. The number of piperidine rings is 1. The van der Waals surface area contributed by atoms with E-state index in [1.807, 2.05) is 18.2 Å². The first-order valence-electron chi connectivity index (χ1n) is 13.1. The second-order valence-corrected chi connectivity index (χ2v) is 10.3. The minimum absolute atomic E-state index is 0.0381. The first-order valence-corrected chi connectivity index (χ1v) is 13.1. The van der Waals surface area contributed by atoms with E-state index < -0.39 is 23.6 Å². The maximum Gasteiger partial charge on any atom is 0.194 e. The molecule has 0 spiro atoms. The zero-order valence-electron chi connectivity index (χ0n) is 21.7. The summed E-state index contributed by atoms with van der Waals surface area (Å²) in [6.07, 6.45) is 4.80. The third kappa shape index (κ3) is 6.29. The third-order valence-corrected chi connectivity index (χ3v) is 7.94. The number of methoxy groups -OCH3 is 1. The average Bonchev–Trinajstić information content (AvgIpc) is 2.94. The number of benzene rings is 2. The average molecular weight is 532 g/mol. The summed E-state index contributed by atoms with van der Waals surface area (Å²) >= 11 is 0. The molecule has 4 N–H and O–H groups in total. The summed E-state index contributed by atoms with van der Waals surface area (Å²) in [6.45, 7) is 2.61. The molecule has 1 atom stereocenters. The van der Waals surface area contributed by atoms with Crippen molar-refractivity contribution in [1.82, 2.24) is 9.88 Å². The van der Waals surface area contributed by atoms with Crippen molar-refractivity contribution in [3.05, 3.63) is 70.7 Å². The van der Waals surface area contributed by atoms with Crippen molar-refractivity contribution in [3.8, 4) is 5.75 Å². The third-order valence-electron chi connectivity index (χ3n) is 7.94. The van der Waals surface area contributed by atoms with Crippen LogP contribution in [0.15, 0.2) is 36.5 Å². The molecule has 4 rings (SSSR count). The van der Waals surface area contributed by atoms with E-state index in [0.717, 1.165) is 66.6 Å². The normalized spacial score (nSPS) is 16.6. The van der Waals surface area contributed by atoms with E-state index in [4.69, 9.17) is 10.5 Å². The Morgan fingerprint density at radius 1 is 1.13 bits per heavy atom. The van der Waals surface area contributed by atoms with Crippen LogP contribution in [0.4, 0.5) is 13.2 Å². The maximum absolute atomic E-state index is 13.5. The van der Waals surface area contributed by atoms with Gasteiger partial charge in [0.2, 0.25) is 0 Å². The van der Waals surface area contributed by atoms with Gasteiger partial charge in [0.05, 0.1) is 18.7 Å².